The van der Waals surface area contributed by atoms with Crippen molar-refractivity contribution in [3.05, 3.63) is 64.7 Å². The van der Waals surface area contributed by atoms with Crippen LogP contribution in [0.15, 0.2) is 42.5 Å². The number of esters is 1. The van der Waals surface area contributed by atoms with Crippen LogP contribution in [0.25, 0.3) is 0 Å². The van der Waals surface area contributed by atoms with E-state index in [1.165, 1.54) is 13.2 Å². The van der Waals surface area contributed by atoms with Gasteiger partial charge in [-0.2, -0.15) is 0 Å². The highest BCUT2D eigenvalue weighted by atomic mass is 16.5. The van der Waals surface area contributed by atoms with Crippen LogP contribution in [-0.4, -0.2) is 48.3 Å². The number of hydrogen-bond acceptors (Lipinski definition) is 6. The molecule has 3 rings (SSSR count). The highest BCUT2D eigenvalue weighted by Crippen LogP contribution is 2.26. The highest BCUT2D eigenvalue weighted by Gasteiger charge is 2.35. The quantitative estimate of drug-likeness (QED) is 0.554. The van der Waals surface area contributed by atoms with Crippen LogP contribution in [0.1, 0.15) is 50.5 Å². The van der Waals surface area contributed by atoms with E-state index in [2.05, 4.69) is 5.32 Å². The molecule has 0 saturated carbocycles. The van der Waals surface area contributed by atoms with E-state index in [-0.39, 0.29) is 35.7 Å². The van der Waals surface area contributed by atoms with E-state index in [0.29, 0.717) is 16.7 Å². The van der Waals surface area contributed by atoms with Crippen molar-refractivity contribution in [2.24, 2.45) is 0 Å². The number of hydrogen-bond donors (Lipinski definition) is 1. The minimum Gasteiger partial charge on any atom is -0.496 e. The van der Waals surface area contributed by atoms with Gasteiger partial charge in [0.25, 0.3) is 17.7 Å². The van der Waals surface area contributed by atoms with Gasteiger partial charge >= 0.3 is 5.97 Å². The Morgan fingerprint density at radius 1 is 1.03 bits per heavy atom. The molecule has 8 nitrogen and oxygen atoms in total. The molecule has 3 amide bonds. The van der Waals surface area contributed by atoms with Crippen LogP contribution >= 0.6 is 0 Å². The lowest BCUT2D eigenvalue weighted by atomic mass is 10.1. The summed E-state index contributed by atoms with van der Waals surface area (Å²) in [5.41, 5.74) is 1.35. The zero-order chi connectivity index (χ0) is 21.8. The first-order valence-corrected chi connectivity index (χ1v) is 9.40. The van der Waals surface area contributed by atoms with E-state index in [0.717, 1.165) is 4.90 Å². The fraction of sp³-hybridized carbons (Fsp3) is 0.273. The van der Waals surface area contributed by atoms with Gasteiger partial charge in [-0.25, -0.2) is 4.79 Å². The van der Waals surface area contributed by atoms with E-state index >= 15 is 0 Å². The monoisotopic (exact) mass is 410 g/mol. The summed E-state index contributed by atoms with van der Waals surface area (Å²) in [5.74, 6) is -1.67. The van der Waals surface area contributed by atoms with Crippen molar-refractivity contribution in [1.29, 1.82) is 0 Å². The first kappa shape index (κ1) is 21.0. The maximum Gasteiger partial charge on any atom is 0.342 e. The van der Waals surface area contributed by atoms with Gasteiger partial charge in [-0.3, -0.25) is 19.3 Å². The number of methoxy groups -OCH3 is 1. The Bertz CT molecular complexity index is 979. The molecule has 0 unspecified atom stereocenters. The molecule has 1 heterocycles. The molecule has 0 atom stereocenters. The van der Waals surface area contributed by atoms with Crippen LogP contribution in [-0.2, 0) is 16.1 Å². The predicted molar refractivity (Wildman–Crippen MR) is 107 cm³/mol. The maximum atomic E-state index is 12.6. The van der Waals surface area contributed by atoms with E-state index < -0.39 is 18.5 Å². The minimum atomic E-state index is -0.741. The van der Waals surface area contributed by atoms with Crippen LogP contribution < -0.4 is 10.1 Å². The lowest BCUT2D eigenvalue weighted by Gasteiger charge is -2.16. The fourth-order valence-corrected chi connectivity index (χ4v) is 3.15. The summed E-state index contributed by atoms with van der Waals surface area (Å²) in [4.78, 5) is 50.5. The van der Waals surface area contributed by atoms with Gasteiger partial charge in [-0.1, -0.05) is 18.2 Å². The van der Waals surface area contributed by atoms with Crippen molar-refractivity contribution >= 4 is 23.7 Å². The third-order valence-electron chi connectivity index (χ3n) is 4.49. The Hall–Kier alpha value is -3.68. The topological polar surface area (TPSA) is 102 Å². The van der Waals surface area contributed by atoms with Crippen molar-refractivity contribution in [1.82, 2.24) is 10.2 Å². The largest absolute Gasteiger partial charge is 0.496 e. The molecule has 1 N–H and O–H groups in total. The number of carbonyl (C=O) groups excluding carboxylic acids is 4. The molecule has 0 spiro atoms. The normalized spacial score (nSPS) is 12.7. The van der Waals surface area contributed by atoms with E-state index in [1.54, 1.807) is 50.2 Å². The molecule has 0 saturated heterocycles. The molecular formula is C22H22N2O6. The van der Waals surface area contributed by atoms with Gasteiger partial charge in [-0.05, 0) is 43.7 Å². The van der Waals surface area contributed by atoms with Crippen molar-refractivity contribution in [2.45, 2.75) is 26.4 Å². The second-order valence-electron chi connectivity index (χ2n) is 7.08. The molecular weight excluding hydrogens is 388 g/mol. The number of rotatable bonds is 7. The van der Waals surface area contributed by atoms with Crippen molar-refractivity contribution in [3.63, 3.8) is 0 Å². The van der Waals surface area contributed by atoms with Crippen molar-refractivity contribution in [2.75, 3.05) is 13.7 Å². The molecule has 0 bridgehead atoms. The third-order valence-corrected chi connectivity index (χ3v) is 4.49. The Morgan fingerprint density at radius 2 is 1.67 bits per heavy atom. The third kappa shape index (κ3) is 4.32. The molecule has 2 aromatic carbocycles. The zero-order valence-corrected chi connectivity index (χ0v) is 16.9. The molecule has 1 aliphatic rings. The van der Waals surface area contributed by atoms with Crippen LogP contribution in [0.3, 0.4) is 0 Å². The van der Waals surface area contributed by atoms with Crippen LogP contribution in [0.4, 0.5) is 0 Å². The van der Waals surface area contributed by atoms with Gasteiger partial charge in [0.15, 0.2) is 6.61 Å². The Labute approximate surface area is 173 Å². The van der Waals surface area contributed by atoms with Gasteiger partial charge < -0.3 is 14.8 Å². The summed E-state index contributed by atoms with van der Waals surface area (Å²) in [6.07, 6.45) is 0. The van der Waals surface area contributed by atoms with E-state index in [1.807, 2.05) is 0 Å². The minimum absolute atomic E-state index is 0.00947. The van der Waals surface area contributed by atoms with Crippen molar-refractivity contribution in [3.8, 4) is 5.75 Å². The van der Waals surface area contributed by atoms with E-state index in [4.69, 9.17) is 9.47 Å². The highest BCUT2D eigenvalue weighted by molar-refractivity contribution is 6.21. The number of amides is 3. The lowest BCUT2D eigenvalue weighted by Crippen LogP contribution is -2.34. The summed E-state index contributed by atoms with van der Waals surface area (Å²) in [6, 6.07) is 11.2. The van der Waals surface area contributed by atoms with Crippen LogP contribution in [0, 0.1) is 0 Å². The first-order chi connectivity index (χ1) is 14.3. The number of nitrogens with zero attached hydrogens (tertiary/aromatic N) is 1. The SMILES string of the molecule is COc1ccc(CN2C(=O)c3ccccc3C2=O)cc1C(=O)OCC(=O)NC(C)C. The molecule has 2 aromatic rings. The molecule has 1 aliphatic heterocycles. The molecule has 0 aromatic heterocycles. The molecule has 0 aliphatic carbocycles. The fourth-order valence-electron chi connectivity index (χ4n) is 3.15. The molecule has 0 radical (unpaired) electrons. The van der Waals surface area contributed by atoms with Gasteiger partial charge in [0.05, 0.1) is 24.8 Å². The zero-order valence-electron chi connectivity index (χ0n) is 16.9. The standard InChI is InChI=1S/C22H22N2O6/c1-13(2)23-19(25)12-30-22(28)17-10-14(8-9-18(17)29-3)11-24-20(26)15-6-4-5-7-16(15)21(24)27/h4-10,13H,11-12H2,1-3H3,(H,23,25). The maximum absolute atomic E-state index is 12.6. The Kier molecular flexibility index (Phi) is 6.15. The number of nitrogens with one attached hydrogen (secondary N) is 1. The summed E-state index contributed by atoms with van der Waals surface area (Å²) >= 11 is 0. The average Bonchev–Trinajstić information content (AvgIpc) is 2.96. The number of ether oxygens (including phenoxy) is 2. The summed E-state index contributed by atoms with van der Waals surface area (Å²) in [5, 5.41) is 2.63. The van der Waals surface area contributed by atoms with Crippen LogP contribution in [0.2, 0.25) is 0 Å². The smallest absolute Gasteiger partial charge is 0.342 e. The van der Waals surface area contributed by atoms with Gasteiger partial charge in [-0.15, -0.1) is 0 Å². The molecule has 8 heteroatoms. The van der Waals surface area contributed by atoms with Crippen molar-refractivity contribution < 1.29 is 28.7 Å². The average molecular weight is 410 g/mol. The first-order valence-electron chi connectivity index (χ1n) is 9.40. The summed E-state index contributed by atoms with van der Waals surface area (Å²) < 4.78 is 10.3. The Balaban J connectivity index is 1.76. The van der Waals surface area contributed by atoms with E-state index in [9.17, 15) is 19.2 Å². The molecule has 156 valence electrons. The van der Waals surface area contributed by atoms with Gasteiger partial charge in [0, 0.05) is 6.04 Å². The van der Waals surface area contributed by atoms with Gasteiger partial charge in [0.2, 0.25) is 0 Å². The summed E-state index contributed by atoms with van der Waals surface area (Å²) in [6.45, 7) is 3.16. The number of benzene rings is 2. The lowest BCUT2D eigenvalue weighted by molar-refractivity contribution is -0.124. The summed E-state index contributed by atoms with van der Waals surface area (Å²) in [7, 11) is 1.40. The molecule has 0 fully saturated rings. The van der Waals surface area contributed by atoms with Crippen LogP contribution in [0.5, 0.6) is 5.75 Å². The Morgan fingerprint density at radius 3 is 2.23 bits per heavy atom. The van der Waals surface area contributed by atoms with Gasteiger partial charge in [0.1, 0.15) is 11.3 Å². The molecule has 30 heavy (non-hydrogen) atoms. The second kappa shape index (κ2) is 8.77. The predicted octanol–water partition coefficient (Wildman–Crippen LogP) is 2.17. The number of carbonyl (C=O) groups is 4. The number of imide groups is 1. The number of fused-ring (bicyclic) bond motifs is 1. The second-order valence-corrected chi connectivity index (χ2v) is 7.08.